The zero-order valence-corrected chi connectivity index (χ0v) is 7.32. The van der Waals surface area contributed by atoms with Crippen molar-refractivity contribution >= 4 is 18.3 Å². The normalized spacial score (nSPS) is 9.92. The van der Waals surface area contributed by atoms with Crippen LogP contribution in [0.4, 0.5) is 4.39 Å². The molecular weight excluding hydrogens is 177 g/mol. The number of benzene rings is 1. The first-order chi connectivity index (χ1) is 5.52. The van der Waals surface area contributed by atoms with Gasteiger partial charge in [-0.05, 0) is 19.1 Å². The standard InChI is InChI=1S/C8H8FNOS/c1-4(10)5-2-6(9)8(12)3-7(5)11/h2-3,10-12H,1H3. The van der Waals surface area contributed by atoms with Gasteiger partial charge < -0.3 is 10.5 Å². The third-order valence-electron chi connectivity index (χ3n) is 1.47. The third kappa shape index (κ3) is 1.58. The van der Waals surface area contributed by atoms with Crippen molar-refractivity contribution in [2.75, 3.05) is 0 Å². The summed E-state index contributed by atoms with van der Waals surface area (Å²) in [7, 11) is 0. The Hall–Kier alpha value is -1.03. The predicted molar refractivity (Wildman–Crippen MR) is 47.8 cm³/mol. The van der Waals surface area contributed by atoms with E-state index in [1.165, 1.54) is 13.0 Å². The van der Waals surface area contributed by atoms with Gasteiger partial charge in [-0.15, -0.1) is 12.6 Å². The number of phenols is 1. The molecule has 0 aliphatic heterocycles. The van der Waals surface area contributed by atoms with Gasteiger partial charge in [0.2, 0.25) is 0 Å². The highest BCUT2D eigenvalue weighted by Crippen LogP contribution is 2.24. The van der Waals surface area contributed by atoms with E-state index in [0.717, 1.165) is 6.07 Å². The maximum Gasteiger partial charge on any atom is 0.137 e. The molecule has 2 nitrogen and oxygen atoms in total. The summed E-state index contributed by atoms with van der Waals surface area (Å²) in [6.07, 6.45) is 0. The van der Waals surface area contributed by atoms with Crippen molar-refractivity contribution in [1.82, 2.24) is 0 Å². The van der Waals surface area contributed by atoms with Crippen molar-refractivity contribution in [1.29, 1.82) is 5.41 Å². The van der Waals surface area contributed by atoms with E-state index >= 15 is 0 Å². The Morgan fingerprint density at radius 2 is 2.17 bits per heavy atom. The number of halogens is 1. The van der Waals surface area contributed by atoms with Crippen molar-refractivity contribution in [3.8, 4) is 5.75 Å². The summed E-state index contributed by atoms with van der Waals surface area (Å²) in [6, 6.07) is 2.28. The van der Waals surface area contributed by atoms with Gasteiger partial charge in [-0.3, -0.25) is 0 Å². The minimum Gasteiger partial charge on any atom is -0.507 e. The van der Waals surface area contributed by atoms with Crippen LogP contribution in [-0.4, -0.2) is 10.8 Å². The minimum absolute atomic E-state index is 0.0810. The Bertz CT molecular complexity index is 338. The summed E-state index contributed by atoms with van der Waals surface area (Å²) >= 11 is 3.78. The van der Waals surface area contributed by atoms with Gasteiger partial charge in [0.05, 0.1) is 0 Å². The van der Waals surface area contributed by atoms with Gasteiger partial charge >= 0.3 is 0 Å². The van der Waals surface area contributed by atoms with Crippen LogP contribution >= 0.6 is 12.6 Å². The Morgan fingerprint density at radius 3 is 2.67 bits per heavy atom. The van der Waals surface area contributed by atoms with Crippen molar-refractivity contribution in [3.05, 3.63) is 23.5 Å². The first-order valence-electron chi connectivity index (χ1n) is 3.29. The summed E-state index contributed by atoms with van der Waals surface area (Å²) in [5.74, 6) is -0.647. The lowest BCUT2D eigenvalue weighted by atomic mass is 10.1. The maximum atomic E-state index is 12.8. The molecule has 0 aliphatic rings. The lowest BCUT2D eigenvalue weighted by Crippen LogP contribution is -1.94. The zero-order chi connectivity index (χ0) is 9.30. The van der Waals surface area contributed by atoms with Gasteiger partial charge in [0.15, 0.2) is 0 Å². The van der Waals surface area contributed by atoms with Crippen LogP contribution in [0, 0.1) is 11.2 Å². The molecule has 1 aromatic carbocycles. The molecule has 0 aliphatic carbocycles. The van der Waals surface area contributed by atoms with Crippen molar-refractivity contribution in [2.45, 2.75) is 11.8 Å². The SMILES string of the molecule is CC(=N)c1cc(F)c(S)cc1O. The van der Waals surface area contributed by atoms with E-state index in [-0.39, 0.29) is 21.9 Å². The number of phenolic OH excluding ortho intramolecular Hbond substituents is 1. The van der Waals surface area contributed by atoms with Crippen molar-refractivity contribution in [2.24, 2.45) is 0 Å². The molecule has 0 bridgehead atoms. The Kier molecular flexibility index (Phi) is 2.38. The van der Waals surface area contributed by atoms with Gasteiger partial charge in [0, 0.05) is 16.2 Å². The van der Waals surface area contributed by atoms with Crippen LogP contribution in [-0.2, 0) is 0 Å². The molecule has 0 saturated carbocycles. The van der Waals surface area contributed by atoms with E-state index < -0.39 is 5.82 Å². The average molecular weight is 185 g/mol. The van der Waals surface area contributed by atoms with Crippen LogP contribution in [0.1, 0.15) is 12.5 Å². The Labute approximate surface area is 75.0 Å². The fourth-order valence-electron chi connectivity index (χ4n) is 0.851. The molecule has 0 fully saturated rings. The van der Waals surface area contributed by atoms with Crippen molar-refractivity contribution in [3.63, 3.8) is 0 Å². The molecule has 0 aromatic heterocycles. The molecule has 0 unspecified atom stereocenters. The van der Waals surface area contributed by atoms with Gasteiger partial charge in [-0.1, -0.05) is 0 Å². The topological polar surface area (TPSA) is 44.1 Å². The smallest absolute Gasteiger partial charge is 0.137 e. The van der Waals surface area contributed by atoms with E-state index in [0.29, 0.717) is 0 Å². The Balaban J connectivity index is 3.33. The molecule has 64 valence electrons. The summed E-state index contributed by atoms with van der Waals surface area (Å²) < 4.78 is 12.8. The summed E-state index contributed by atoms with van der Waals surface area (Å²) in [5, 5.41) is 16.4. The van der Waals surface area contributed by atoms with Crippen LogP contribution in [0.25, 0.3) is 0 Å². The highest BCUT2D eigenvalue weighted by atomic mass is 32.1. The molecule has 12 heavy (non-hydrogen) atoms. The van der Waals surface area contributed by atoms with Crippen LogP contribution in [0.15, 0.2) is 17.0 Å². The minimum atomic E-state index is -0.530. The van der Waals surface area contributed by atoms with Gasteiger partial charge in [0.1, 0.15) is 11.6 Å². The van der Waals surface area contributed by atoms with Gasteiger partial charge in [-0.25, -0.2) is 4.39 Å². The second kappa shape index (κ2) is 3.15. The molecular formula is C8H8FNOS. The summed E-state index contributed by atoms with van der Waals surface area (Å²) in [4.78, 5) is 0.0810. The number of nitrogens with one attached hydrogen (secondary N) is 1. The number of hydrogen-bond acceptors (Lipinski definition) is 3. The molecule has 1 aromatic rings. The third-order valence-corrected chi connectivity index (χ3v) is 1.81. The molecule has 0 saturated heterocycles. The number of hydrogen-bond donors (Lipinski definition) is 3. The molecule has 4 heteroatoms. The van der Waals surface area contributed by atoms with Gasteiger partial charge in [0.25, 0.3) is 0 Å². The highest BCUT2D eigenvalue weighted by molar-refractivity contribution is 7.80. The maximum absolute atomic E-state index is 12.8. The summed E-state index contributed by atoms with van der Waals surface area (Å²) in [5.41, 5.74) is 0.324. The first-order valence-corrected chi connectivity index (χ1v) is 3.74. The first kappa shape index (κ1) is 9.06. The van der Waals surface area contributed by atoms with E-state index in [1.54, 1.807) is 0 Å². The largest absolute Gasteiger partial charge is 0.507 e. The molecule has 0 heterocycles. The Morgan fingerprint density at radius 1 is 1.58 bits per heavy atom. The zero-order valence-electron chi connectivity index (χ0n) is 6.43. The van der Waals surface area contributed by atoms with Gasteiger partial charge in [-0.2, -0.15) is 0 Å². The van der Waals surface area contributed by atoms with Crippen LogP contribution in [0.2, 0.25) is 0 Å². The monoisotopic (exact) mass is 185 g/mol. The van der Waals surface area contributed by atoms with Crippen LogP contribution in [0.3, 0.4) is 0 Å². The second-order valence-corrected chi connectivity index (χ2v) is 2.93. The predicted octanol–water partition coefficient (Wildman–Crippen LogP) is 2.21. The average Bonchev–Trinajstić information content (AvgIpc) is 1.96. The molecule has 0 radical (unpaired) electrons. The molecule has 0 spiro atoms. The summed E-state index contributed by atoms with van der Waals surface area (Å²) in [6.45, 7) is 1.48. The molecule has 0 amide bonds. The fourth-order valence-corrected chi connectivity index (χ4v) is 1.04. The molecule has 2 N–H and O–H groups in total. The number of rotatable bonds is 1. The van der Waals surface area contributed by atoms with E-state index in [1.807, 2.05) is 0 Å². The van der Waals surface area contributed by atoms with E-state index in [2.05, 4.69) is 12.6 Å². The van der Waals surface area contributed by atoms with Crippen LogP contribution in [0.5, 0.6) is 5.75 Å². The van der Waals surface area contributed by atoms with Crippen LogP contribution < -0.4 is 0 Å². The second-order valence-electron chi connectivity index (χ2n) is 2.45. The highest BCUT2D eigenvalue weighted by Gasteiger charge is 2.07. The fraction of sp³-hybridized carbons (Fsp3) is 0.125. The number of aromatic hydroxyl groups is 1. The van der Waals surface area contributed by atoms with E-state index in [9.17, 15) is 9.50 Å². The molecule has 0 atom stereocenters. The number of thiol groups is 1. The lowest BCUT2D eigenvalue weighted by molar-refractivity contribution is 0.468. The van der Waals surface area contributed by atoms with E-state index in [4.69, 9.17) is 5.41 Å². The quantitative estimate of drug-likeness (QED) is 0.456. The molecule has 1 rings (SSSR count). The van der Waals surface area contributed by atoms with Crippen molar-refractivity contribution < 1.29 is 9.50 Å². The lowest BCUT2D eigenvalue weighted by Gasteiger charge is -2.03.